The second-order valence-electron chi connectivity index (χ2n) is 4.45. The number of carbonyl (C=O) groups excluding carboxylic acids is 1. The van der Waals surface area contributed by atoms with Gasteiger partial charge in [0.1, 0.15) is 11.5 Å². The number of hydrogen-bond donors (Lipinski definition) is 3. The standard InChI is InChI=1S/C15H15NO3/c1-9-3-4-11(8-14(9)18)16-15(19)13-6-5-12(17)7-10(13)2/h3-8,17-18H,1-2H3,(H,16,19). The zero-order valence-electron chi connectivity index (χ0n) is 10.8. The molecule has 0 atom stereocenters. The van der Waals surface area contributed by atoms with Gasteiger partial charge in [-0.1, -0.05) is 6.07 Å². The summed E-state index contributed by atoms with van der Waals surface area (Å²) in [4.78, 5) is 12.1. The van der Waals surface area contributed by atoms with Gasteiger partial charge in [-0.25, -0.2) is 0 Å². The van der Waals surface area contributed by atoms with Crippen LogP contribution >= 0.6 is 0 Å². The molecule has 0 bridgehead atoms. The van der Waals surface area contributed by atoms with Crippen LogP contribution < -0.4 is 5.32 Å². The van der Waals surface area contributed by atoms with Crippen molar-refractivity contribution in [2.45, 2.75) is 13.8 Å². The Morgan fingerprint density at radius 3 is 2.37 bits per heavy atom. The first-order chi connectivity index (χ1) is 8.97. The van der Waals surface area contributed by atoms with Crippen molar-refractivity contribution in [3.05, 3.63) is 53.1 Å². The molecule has 0 aliphatic rings. The molecule has 0 fully saturated rings. The molecule has 0 spiro atoms. The fraction of sp³-hybridized carbons (Fsp3) is 0.133. The van der Waals surface area contributed by atoms with E-state index in [-0.39, 0.29) is 17.4 Å². The number of rotatable bonds is 2. The Balaban J connectivity index is 2.23. The van der Waals surface area contributed by atoms with Crippen LogP contribution in [0.4, 0.5) is 5.69 Å². The number of aryl methyl sites for hydroxylation is 2. The third kappa shape index (κ3) is 2.85. The van der Waals surface area contributed by atoms with Crippen molar-refractivity contribution >= 4 is 11.6 Å². The summed E-state index contributed by atoms with van der Waals surface area (Å²) in [6, 6.07) is 9.52. The number of phenols is 2. The van der Waals surface area contributed by atoms with Crippen LogP contribution in [0.5, 0.6) is 11.5 Å². The summed E-state index contributed by atoms with van der Waals surface area (Å²) in [5.74, 6) is -0.0111. The number of anilines is 1. The third-order valence-electron chi connectivity index (χ3n) is 2.92. The van der Waals surface area contributed by atoms with Gasteiger partial charge in [-0.2, -0.15) is 0 Å². The largest absolute Gasteiger partial charge is 0.508 e. The minimum Gasteiger partial charge on any atom is -0.508 e. The summed E-state index contributed by atoms with van der Waals surface area (Å²) in [5, 5.41) is 21.6. The van der Waals surface area contributed by atoms with Crippen LogP contribution in [-0.2, 0) is 0 Å². The van der Waals surface area contributed by atoms with E-state index in [1.165, 1.54) is 18.2 Å². The topological polar surface area (TPSA) is 69.6 Å². The molecule has 4 nitrogen and oxygen atoms in total. The summed E-state index contributed by atoms with van der Waals surface area (Å²) in [6.45, 7) is 3.53. The number of nitrogens with one attached hydrogen (secondary N) is 1. The predicted molar refractivity (Wildman–Crippen MR) is 73.6 cm³/mol. The second kappa shape index (κ2) is 5.02. The van der Waals surface area contributed by atoms with Gasteiger partial charge < -0.3 is 15.5 Å². The van der Waals surface area contributed by atoms with Crippen molar-refractivity contribution in [1.82, 2.24) is 0 Å². The molecule has 0 aromatic heterocycles. The Kier molecular flexibility index (Phi) is 3.42. The number of amides is 1. The van der Waals surface area contributed by atoms with E-state index in [1.54, 1.807) is 32.0 Å². The Bertz CT molecular complexity index is 635. The van der Waals surface area contributed by atoms with E-state index in [9.17, 15) is 15.0 Å². The van der Waals surface area contributed by atoms with Crippen molar-refractivity contribution in [1.29, 1.82) is 0 Å². The maximum absolute atomic E-state index is 12.1. The van der Waals surface area contributed by atoms with E-state index in [1.807, 2.05) is 0 Å². The van der Waals surface area contributed by atoms with Crippen molar-refractivity contribution in [2.75, 3.05) is 5.32 Å². The molecule has 0 heterocycles. The van der Waals surface area contributed by atoms with Gasteiger partial charge in [0, 0.05) is 17.3 Å². The average Bonchev–Trinajstić information content (AvgIpc) is 2.33. The minimum absolute atomic E-state index is 0.127. The molecular formula is C15H15NO3. The van der Waals surface area contributed by atoms with E-state index in [4.69, 9.17) is 0 Å². The zero-order valence-corrected chi connectivity index (χ0v) is 10.8. The highest BCUT2D eigenvalue weighted by molar-refractivity contribution is 6.05. The van der Waals surface area contributed by atoms with Gasteiger partial charge in [-0.3, -0.25) is 4.79 Å². The molecule has 0 saturated heterocycles. The van der Waals surface area contributed by atoms with Crippen molar-refractivity contribution in [2.24, 2.45) is 0 Å². The first-order valence-corrected chi connectivity index (χ1v) is 5.88. The van der Waals surface area contributed by atoms with Gasteiger partial charge >= 0.3 is 0 Å². The van der Waals surface area contributed by atoms with Crippen molar-refractivity contribution in [3.8, 4) is 11.5 Å². The van der Waals surface area contributed by atoms with Crippen LogP contribution in [0.1, 0.15) is 21.5 Å². The van der Waals surface area contributed by atoms with Crippen LogP contribution in [0.25, 0.3) is 0 Å². The number of carbonyl (C=O) groups is 1. The molecule has 2 aromatic rings. The highest BCUT2D eigenvalue weighted by Gasteiger charge is 2.10. The highest BCUT2D eigenvalue weighted by Crippen LogP contribution is 2.22. The first-order valence-electron chi connectivity index (χ1n) is 5.88. The summed E-state index contributed by atoms with van der Waals surface area (Å²) in [5.41, 5.74) is 2.45. The van der Waals surface area contributed by atoms with Crippen molar-refractivity contribution in [3.63, 3.8) is 0 Å². The van der Waals surface area contributed by atoms with E-state index < -0.39 is 0 Å². The van der Waals surface area contributed by atoms with E-state index in [0.717, 1.165) is 5.56 Å². The lowest BCUT2D eigenvalue weighted by molar-refractivity contribution is 0.102. The van der Waals surface area contributed by atoms with E-state index in [2.05, 4.69) is 5.32 Å². The van der Waals surface area contributed by atoms with Crippen LogP contribution in [0.3, 0.4) is 0 Å². The van der Waals surface area contributed by atoms with Crippen LogP contribution in [0, 0.1) is 13.8 Å². The SMILES string of the molecule is Cc1ccc(NC(=O)c2ccc(O)cc2C)cc1O. The monoisotopic (exact) mass is 257 g/mol. The number of phenolic OH excluding ortho intramolecular Hbond substituents is 2. The fourth-order valence-electron chi connectivity index (χ4n) is 1.79. The van der Waals surface area contributed by atoms with E-state index in [0.29, 0.717) is 16.8 Å². The molecule has 0 unspecified atom stereocenters. The Labute approximate surface area is 111 Å². The quantitative estimate of drug-likeness (QED) is 0.774. The Hall–Kier alpha value is -2.49. The molecule has 0 radical (unpaired) electrons. The van der Waals surface area contributed by atoms with Gasteiger partial charge in [0.25, 0.3) is 5.91 Å². The zero-order chi connectivity index (χ0) is 14.0. The van der Waals surface area contributed by atoms with Crippen LogP contribution in [0.2, 0.25) is 0 Å². The molecule has 4 heteroatoms. The summed E-state index contributed by atoms with van der Waals surface area (Å²) < 4.78 is 0. The van der Waals surface area contributed by atoms with Crippen LogP contribution in [0.15, 0.2) is 36.4 Å². The maximum Gasteiger partial charge on any atom is 0.255 e. The number of hydrogen-bond acceptors (Lipinski definition) is 3. The molecule has 0 aliphatic carbocycles. The lowest BCUT2D eigenvalue weighted by Gasteiger charge is -2.09. The molecule has 98 valence electrons. The third-order valence-corrected chi connectivity index (χ3v) is 2.92. The summed E-state index contributed by atoms with van der Waals surface area (Å²) in [7, 11) is 0. The first kappa shape index (κ1) is 13.0. The normalized spacial score (nSPS) is 10.2. The molecule has 3 N–H and O–H groups in total. The molecule has 0 saturated carbocycles. The predicted octanol–water partition coefficient (Wildman–Crippen LogP) is 2.97. The second-order valence-corrected chi connectivity index (χ2v) is 4.45. The summed E-state index contributed by atoms with van der Waals surface area (Å²) >= 11 is 0. The smallest absolute Gasteiger partial charge is 0.255 e. The lowest BCUT2D eigenvalue weighted by atomic mass is 10.1. The minimum atomic E-state index is -0.277. The van der Waals surface area contributed by atoms with Gasteiger partial charge in [0.05, 0.1) is 0 Å². The molecular weight excluding hydrogens is 242 g/mol. The van der Waals surface area contributed by atoms with Crippen LogP contribution in [-0.4, -0.2) is 16.1 Å². The number of aromatic hydroxyl groups is 2. The van der Waals surface area contributed by atoms with Crippen molar-refractivity contribution < 1.29 is 15.0 Å². The Morgan fingerprint density at radius 1 is 1.00 bits per heavy atom. The molecule has 2 rings (SSSR count). The summed E-state index contributed by atoms with van der Waals surface area (Å²) in [6.07, 6.45) is 0. The number of benzene rings is 2. The lowest BCUT2D eigenvalue weighted by Crippen LogP contribution is -2.13. The van der Waals surface area contributed by atoms with Gasteiger partial charge in [-0.15, -0.1) is 0 Å². The molecule has 19 heavy (non-hydrogen) atoms. The molecule has 2 aromatic carbocycles. The molecule has 1 amide bonds. The van der Waals surface area contributed by atoms with Gasteiger partial charge in [-0.05, 0) is 49.2 Å². The Morgan fingerprint density at radius 2 is 1.74 bits per heavy atom. The maximum atomic E-state index is 12.1. The molecule has 0 aliphatic heterocycles. The highest BCUT2D eigenvalue weighted by atomic mass is 16.3. The van der Waals surface area contributed by atoms with E-state index >= 15 is 0 Å². The average molecular weight is 257 g/mol. The fourth-order valence-corrected chi connectivity index (χ4v) is 1.79. The van der Waals surface area contributed by atoms with Gasteiger partial charge in [0.2, 0.25) is 0 Å². The van der Waals surface area contributed by atoms with Gasteiger partial charge in [0.15, 0.2) is 0 Å².